The van der Waals surface area contributed by atoms with Crippen LogP contribution in [0.4, 0.5) is 0 Å². The monoisotopic (exact) mass is 310 g/mol. The van der Waals surface area contributed by atoms with E-state index in [2.05, 4.69) is 50.5 Å². The molecular weight excluding hydrogens is 292 g/mol. The Labute approximate surface area is 133 Å². The molecule has 22 heavy (non-hydrogen) atoms. The van der Waals surface area contributed by atoms with Crippen LogP contribution in [-0.4, -0.2) is 9.55 Å². The van der Waals surface area contributed by atoms with Crippen molar-refractivity contribution in [3.8, 4) is 11.1 Å². The Hall–Kier alpha value is -2.20. The summed E-state index contributed by atoms with van der Waals surface area (Å²) in [6.07, 6.45) is 3.32. The van der Waals surface area contributed by atoms with Gasteiger partial charge < -0.3 is 0 Å². The van der Waals surface area contributed by atoms with E-state index >= 15 is 0 Å². The first-order valence-electron chi connectivity index (χ1n) is 7.20. The van der Waals surface area contributed by atoms with E-state index < -0.39 is 0 Å². The number of hydrogen-bond donors (Lipinski definition) is 0. The lowest BCUT2D eigenvalue weighted by molar-refractivity contribution is 0.769. The first kappa shape index (κ1) is 14.7. The van der Waals surface area contributed by atoms with Gasteiger partial charge in [-0.2, -0.15) is 0 Å². The molecule has 0 spiro atoms. The van der Waals surface area contributed by atoms with E-state index in [-0.39, 0.29) is 5.56 Å². The van der Waals surface area contributed by atoms with Crippen LogP contribution in [0.5, 0.6) is 0 Å². The van der Waals surface area contributed by atoms with Crippen LogP contribution in [0, 0.1) is 20.8 Å². The second-order valence-corrected chi connectivity index (χ2v) is 6.73. The zero-order valence-corrected chi connectivity index (χ0v) is 13.8. The largest absolute Gasteiger partial charge is 0.295 e. The lowest BCUT2D eigenvalue weighted by atomic mass is 9.97. The number of nitrogens with zero attached hydrogens (tertiary/aromatic N) is 2. The van der Waals surface area contributed by atoms with Crippen molar-refractivity contribution < 1.29 is 0 Å². The molecule has 3 aromatic rings. The molecule has 3 rings (SSSR count). The Morgan fingerprint density at radius 2 is 2.09 bits per heavy atom. The number of allylic oxidation sites excluding steroid dienone is 1. The molecule has 2 aromatic heterocycles. The Kier molecular flexibility index (Phi) is 3.71. The van der Waals surface area contributed by atoms with Gasteiger partial charge in [-0.15, -0.1) is 17.9 Å². The van der Waals surface area contributed by atoms with Crippen LogP contribution in [0.2, 0.25) is 0 Å². The highest BCUT2D eigenvalue weighted by molar-refractivity contribution is 7.19. The average molecular weight is 310 g/mol. The molecule has 112 valence electrons. The van der Waals surface area contributed by atoms with Crippen molar-refractivity contribution in [3.63, 3.8) is 0 Å². The van der Waals surface area contributed by atoms with Crippen LogP contribution in [0.1, 0.15) is 16.0 Å². The van der Waals surface area contributed by atoms with Gasteiger partial charge in [-0.25, -0.2) is 4.98 Å². The Morgan fingerprint density at radius 3 is 2.82 bits per heavy atom. The number of hydrogen-bond acceptors (Lipinski definition) is 3. The molecule has 3 nitrogen and oxygen atoms in total. The summed E-state index contributed by atoms with van der Waals surface area (Å²) in [4.78, 5) is 19.2. The first-order chi connectivity index (χ1) is 10.5. The highest BCUT2D eigenvalue weighted by Crippen LogP contribution is 2.37. The lowest BCUT2D eigenvalue weighted by Crippen LogP contribution is -2.19. The molecule has 0 N–H and O–H groups in total. The summed E-state index contributed by atoms with van der Waals surface area (Å²) in [6.45, 7) is 10.4. The number of thiophene rings is 1. The molecular formula is C18H18N2OS. The van der Waals surface area contributed by atoms with E-state index in [1.54, 1.807) is 28.3 Å². The van der Waals surface area contributed by atoms with E-state index in [9.17, 15) is 4.79 Å². The summed E-state index contributed by atoms with van der Waals surface area (Å²) in [5.74, 6) is 0. The average Bonchev–Trinajstić information content (AvgIpc) is 2.82. The van der Waals surface area contributed by atoms with Crippen LogP contribution < -0.4 is 5.56 Å². The zero-order valence-electron chi connectivity index (χ0n) is 13.0. The first-order valence-corrected chi connectivity index (χ1v) is 8.01. The lowest BCUT2D eigenvalue weighted by Gasteiger charge is -2.08. The van der Waals surface area contributed by atoms with Gasteiger partial charge in [0.15, 0.2) is 0 Å². The van der Waals surface area contributed by atoms with Crippen LogP contribution in [0.25, 0.3) is 21.3 Å². The fourth-order valence-electron chi connectivity index (χ4n) is 2.74. The minimum absolute atomic E-state index is 0.00477. The molecule has 0 amide bonds. The molecule has 0 saturated heterocycles. The van der Waals surface area contributed by atoms with Crippen LogP contribution in [-0.2, 0) is 6.54 Å². The topological polar surface area (TPSA) is 34.9 Å². The van der Waals surface area contributed by atoms with Crippen molar-refractivity contribution in [1.29, 1.82) is 0 Å². The summed E-state index contributed by atoms with van der Waals surface area (Å²) in [5.41, 5.74) is 4.52. The SMILES string of the molecule is C=CCn1cnc2sc(C)c(-c3cc(C)ccc3C)c2c1=O. The molecule has 0 aliphatic rings. The maximum Gasteiger partial charge on any atom is 0.263 e. The standard InChI is InChI=1S/C18H18N2OS/c1-5-8-20-10-19-17-16(18(20)21)15(13(4)22-17)14-9-11(2)6-7-12(14)3/h5-7,9-10H,1,8H2,2-4H3. The van der Waals surface area contributed by atoms with E-state index in [1.807, 2.05) is 0 Å². The van der Waals surface area contributed by atoms with Crippen molar-refractivity contribution in [2.75, 3.05) is 0 Å². The molecule has 1 aromatic carbocycles. The number of rotatable bonds is 3. The van der Waals surface area contributed by atoms with Crippen molar-refractivity contribution in [1.82, 2.24) is 9.55 Å². The van der Waals surface area contributed by atoms with Gasteiger partial charge in [-0.05, 0) is 31.9 Å². The Balaban J connectivity index is 2.40. The van der Waals surface area contributed by atoms with Crippen LogP contribution in [0.3, 0.4) is 0 Å². The van der Waals surface area contributed by atoms with Crippen molar-refractivity contribution >= 4 is 21.6 Å². The van der Waals surface area contributed by atoms with Gasteiger partial charge in [0, 0.05) is 17.0 Å². The van der Waals surface area contributed by atoms with Gasteiger partial charge in [-0.3, -0.25) is 9.36 Å². The predicted molar refractivity (Wildman–Crippen MR) is 93.7 cm³/mol. The quantitative estimate of drug-likeness (QED) is 0.678. The molecule has 0 aliphatic carbocycles. The fourth-order valence-corrected chi connectivity index (χ4v) is 3.73. The summed E-state index contributed by atoms with van der Waals surface area (Å²) >= 11 is 1.58. The maximum atomic E-state index is 12.8. The summed E-state index contributed by atoms with van der Waals surface area (Å²) < 4.78 is 1.61. The molecule has 0 atom stereocenters. The third-order valence-electron chi connectivity index (χ3n) is 3.84. The molecule has 0 aliphatic heterocycles. The molecule has 4 heteroatoms. The third kappa shape index (κ3) is 2.29. The zero-order chi connectivity index (χ0) is 15.9. The molecule has 2 heterocycles. The van der Waals surface area contributed by atoms with Crippen molar-refractivity contribution in [2.24, 2.45) is 0 Å². The molecule has 0 radical (unpaired) electrons. The summed E-state index contributed by atoms with van der Waals surface area (Å²) in [5, 5.41) is 0.723. The predicted octanol–water partition coefficient (Wildman–Crippen LogP) is 4.24. The molecule has 0 saturated carbocycles. The number of benzene rings is 1. The van der Waals surface area contributed by atoms with E-state index in [4.69, 9.17) is 0 Å². The van der Waals surface area contributed by atoms with Gasteiger partial charge >= 0.3 is 0 Å². The number of aromatic nitrogens is 2. The minimum atomic E-state index is 0.00477. The van der Waals surface area contributed by atoms with Gasteiger partial charge in [0.25, 0.3) is 5.56 Å². The van der Waals surface area contributed by atoms with Gasteiger partial charge in [-0.1, -0.05) is 29.8 Å². The highest BCUT2D eigenvalue weighted by atomic mass is 32.1. The van der Waals surface area contributed by atoms with Crippen molar-refractivity contribution in [2.45, 2.75) is 27.3 Å². The summed E-state index contributed by atoms with van der Waals surface area (Å²) in [7, 11) is 0. The number of fused-ring (bicyclic) bond motifs is 1. The smallest absolute Gasteiger partial charge is 0.263 e. The van der Waals surface area contributed by atoms with Gasteiger partial charge in [0.1, 0.15) is 4.83 Å². The minimum Gasteiger partial charge on any atom is -0.295 e. The second-order valence-electron chi connectivity index (χ2n) is 5.52. The highest BCUT2D eigenvalue weighted by Gasteiger charge is 2.18. The third-order valence-corrected chi connectivity index (χ3v) is 4.86. The molecule has 0 fully saturated rings. The van der Waals surface area contributed by atoms with E-state index in [0.717, 1.165) is 26.2 Å². The second kappa shape index (κ2) is 5.54. The van der Waals surface area contributed by atoms with Crippen molar-refractivity contribution in [3.05, 3.63) is 63.5 Å². The van der Waals surface area contributed by atoms with Crippen LogP contribution in [0.15, 0.2) is 42.0 Å². The fraction of sp³-hybridized carbons (Fsp3) is 0.222. The van der Waals surface area contributed by atoms with Gasteiger partial charge in [0.05, 0.1) is 11.7 Å². The maximum absolute atomic E-state index is 12.8. The summed E-state index contributed by atoms with van der Waals surface area (Å²) in [6, 6.07) is 6.34. The molecule has 0 bridgehead atoms. The van der Waals surface area contributed by atoms with Crippen LogP contribution >= 0.6 is 11.3 Å². The van der Waals surface area contributed by atoms with Gasteiger partial charge in [0.2, 0.25) is 0 Å². The Bertz CT molecular complexity index is 934. The van der Waals surface area contributed by atoms with E-state index in [1.165, 1.54) is 11.1 Å². The normalized spacial score (nSPS) is 11.0. The Morgan fingerprint density at radius 1 is 1.32 bits per heavy atom. The molecule has 0 unspecified atom stereocenters. The van der Waals surface area contributed by atoms with E-state index in [0.29, 0.717) is 6.54 Å². The number of aryl methyl sites for hydroxylation is 3.